The lowest BCUT2D eigenvalue weighted by molar-refractivity contribution is -0.139. The smallest absolute Gasteiger partial charge is 0.295 e. The van der Waals surface area contributed by atoms with Crippen LogP contribution in [0.4, 0.5) is 0 Å². The number of ketones is 1. The summed E-state index contributed by atoms with van der Waals surface area (Å²) in [6.45, 7) is 3.79. The highest BCUT2D eigenvalue weighted by atomic mass is 35.5. The minimum atomic E-state index is -0.682. The van der Waals surface area contributed by atoms with Gasteiger partial charge in [0.05, 0.1) is 18.2 Å². The second-order valence-corrected chi connectivity index (χ2v) is 8.51. The van der Waals surface area contributed by atoms with Crippen LogP contribution in [0.5, 0.6) is 5.75 Å². The third kappa shape index (κ3) is 5.31. The predicted octanol–water partition coefficient (Wildman–Crippen LogP) is 4.50. The Hall–Kier alpha value is -2.83. The maximum atomic E-state index is 13.0. The molecule has 2 aromatic rings. The van der Waals surface area contributed by atoms with E-state index in [0.29, 0.717) is 35.9 Å². The monoisotopic (exact) mass is 456 g/mol. The van der Waals surface area contributed by atoms with Crippen molar-refractivity contribution < 1.29 is 19.4 Å². The fourth-order valence-corrected chi connectivity index (χ4v) is 3.87. The fourth-order valence-electron chi connectivity index (χ4n) is 3.74. The van der Waals surface area contributed by atoms with Gasteiger partial charge in [0.2, 0.25) is 0 Å². The number of aliphatic hydroxyl groups is 1. The molecule has 1 aliphatic rings. The second kappa shape index (κ2) is 10.7. The van der Waals surface area contributed by atoms with Crippen LogP contribution in [-0.2, 0) is 9.59 Å². The minimum absolute atomic E-state index is 0.0874. The molecule has 0 radical (unpaired) electrons. The van der Waals surface area contributed by atoms with Gasteiger partial charge in [-0.15, -0.1) is 0 Å². The first-order valence-corrected chi connectivity index (χ1v) is 11.1. The first kappa shape index (κ1) is 23.8. The average molecular weight is 457 g/mol. The first-order chi connectivity index (χ1) is 15.3. The topological polar surface area (TPSA) is 70.1 Å². The Bertz CT molecular complexity index is 984. The molecule has 1 saturated heterocycles. The van der Waals surface area contributed by atoms with Crippen molar-refractivity contribution in [2.45, 2.75) is 25.8 Å². The molecule has 1 N–H and O–H groups in total. The predicted molar refractivity (Wildman–Crippen MR) is 126 cm³/mol. The standard InChI is InChI=1S/C25H29ClN2O4/c1-4-16-32-20-12-8-18(9-13-20)23(29)21-22(17-6-10-19(26)11-7-17)28(25(31)24(21)30)15-5-14-27(2)3/h6-13,22,29H,4-5,14-16H2,1-3H3/b23-21+/t22-/m1/s1. The van der Waals surface area contributed by atoms with E-state index in [1.807, 2.05) is 25.9 Å². The molecule has 0 saturated carbocycles. The highest BCUT2D eigenvalue weighted by molar-refractivity contribution is 6.46. The molecule has 1 atom stereocenters. The SMILES string of the molecule is CCCOc1ccc(/C(O)=C2\C(=O)C(=O)N(CCCN(C)C)[C@@H]2c2ccc(Cl)cc2)cc1. The second-order valence-electron chi connectivity index (χ2n) is 8.07. The molecule has 1 fully saturated rings. The van der Waals surface area contributed by atoms with Crippen molar-refractivity contribution in [2.75, 3.05) is 33.8 Å². The van der Waals surface area contributed by atoms with Crippen molar-refractivity contribution in [1.29, 1.82) is 0 Å². The van der Waals surface area contributed by atoms with Gasteiger partial charge in [0, 0.05) is 17.1 Å². The van der Waals surface area contributed by atoms with Gasteiger partial charge in [-0.25, -0.2) is 0 Å². The third-order valence-electron chi connectivity index (χ3n) is 5.33. The Balaban J connectivity index is 2.01. The van der Waals surface area contributed by atoms with E-state index in [9.17, 15) is 14.7 Å². The molecule has 0 unspecified atom stereocenters. The Morgan fingerprint density at radius 3 is 2.34 bits per heavy atom. The summed E-state index contributed by atoms with van der Waals surface area (Å²) >= 11 is 6.05. The molecule has 6 nitrogen and oxygen atoms in total. The summed E-state index contributed by atoms with van der Waals surface area (Å²) in [5, 5.41) is 11.7. The van der Waals surface area contributed by atoms with E-state index in [1.165, 1.54) is 0 Å². The van der Waals surface area contributed by atoms with E-state index in [-0.39, 0.29) is 11.3 Å². The van der Waals surface area contributed by atoms with Gasteiger partial charge in [-0.3, -0.25) is 9.59 Å². The quantitative estimate of drug-likeness (QED) is 0.341. The van der Waals surface area contributed by atoms with Crippen LogP contribution in [-0.4, -0.2) is 60.4 Å². The molecule has 0 spiro atoms. The van der Waals surface area contributed by atoms with Crippen LogP contribution >= 0.6 is 11.6 Å². The summed E-state index contributed by atoms with van der Waals surface area (Å²) in [7, 11) is 3.91. The van der Waals surface area contributed by atoms with E-state index < -0.39 is 17.7 Å². The molecule has 1 aliphatic heterocycles. The number of hydrogen-bond acceptors (Lipinski definition) is 5. The summed E-state index contributed by atoms with van der Waals surface area (Å²) in [6.07, 6.45) is 1.59. The zero-order chi connectivity index (χ0) is 23.3. The summed E-state index contributed by atoms with van der Waals surface area (Å²) in [5.41, 5.74) is 1.27. The van der Waals surface area contributed by atoms with Crippen LogP contribution in [0, 0.1) is 0 Å². The number of carbonyl (C=O) groups is 2. The third-order valence-corrected chi connectivity index (χ3v) is 5.58. The molecule has 0 aromatic heterocycles. The van der Waals surface area contributed by atoms with E-state index in [0.717, 1.165) is 18.5 Å². The van der Waals surface area contributed by atoms with Crippen molar-refractivity contribution >= 4 is 29.1 Å². The highest BCUT2D eigenvalue weighted by Gasteiger charge is 2.45. The van der Waals surface area contributed by atoms with Crippen molar-refractivity contribution in [1.82, 2.24) is 9.80 Å². The lowest BCUT2D eigenvalue weighted by atomic mass is 9.95. The maximum Gasteiger partial charge on any atom is 0.295 e. The molecule has 3 rings (SSSR count). The van der Waals surface area contributed by atoms with Gasteiger partial charge in [-0.1, -0.05) is 30.7 Å². The number of carbonyl (C=O) groups excluding carboxylic acids is 2. The van der Waals surface area contributed by atoms with Gasteiger partial charge in [-0.2, -0.15) is 0 Å². The number of ether oxygens (including phenoxy) is 1. The molecule has 32 heavy (non-hydrogen) atoms. The molecule has 7 heteroatoms. The average Bonchev–Trinajstić information content (AvgIpc) is 3.03. The summed E-state index contributed by atoms with van der Waals surface area (Å²) < 4.78 is 5.59. The number of aliphatic hydroxyl groups excluding tert-OH is 1. The van der Waals surface area contributed by atoms with Gasteiger partial charge >= 0.3 is 0 Å². The van der Waals surface area contributed by atoms with E-state index in [2.05, 4.69) is 0 Å². The minimum Gasteiger partial charge on any atom is -0.507 e. The Labute approximate surface area is 194 Å². The zero-order valence-electron chi connectivity index (χ0n) is 18.7. The number of Topliss-reactive ketones (excluding diaryl/α,β-unsaturated/α-hetero) is 1. The van der Waals surface area contributed by atoms with Gasteiger partial charge in [0.15, 0.2) is 0 Å². The normalized spacial score (nSPS) is 17.9. The molecule has 170 valence electrons. The van der Waals surface area contributed by atoms with Crippen LogP contribution in [0.3, 0.4) is 0 Å². The van der Waals surface area contributed by atoms with E-state index >= 15 is 0 Å². The van der Waals surface area contributed by atoms with Crippen LogP contribution in [0.15, 0.2) is 54.1 Å². The van der Waals surface area contributed by atoms with Crippen LogP contribution in [0.1, 0.15) is 36.9 Å². The molecule has 1 amide bonds. The number of rotatable bonds is 9. The number of hydrogen-bond donors (Lipinski definition) is 1. The number of likely N-dealkylation sites (tertiary alicyclic amines) is 1. The highest BCUT2D eigenvalue weighted by Crippen LogP contribution is 2.39. The van der Waals surface area contributed by atoms with Gasteiger partial charge in [0.1, 0.15) is 11.5 Å². The van der Waals surface area contributed by atoms with Crippen molar-refractivity contribution in [3.8, 4) is 5.75 Å². The number of nitrogens with zero attached hydrogens (tertiary/aromatic N) is 2. The summed E-state index contributed by atoms with van der Waals surface area (Å²) in [4.78, 5) is 29.5. The zero-order valence-corrected chi connectivity index (χ0v) is 19.4. The Kier molecular flexibility index (Phi) is 7.94. The first-order valence-electron chi connectivity index (χ1n) is 10.7. The van der Waals surface area contributed by atoms with Crippen molar-refractivity contribution in [3.63, 3.8) is 0 Å². The molecule has 0 bridgehead atoms. The van der Waals surface area contributed by atoms with Gasteiger partial charge in [-0.05, 0) is 75.4 Å². The lowest BCUT2D eigenvalue weighted by Gasteiger charge is -2.26. The summed E-state index contributed by atoms with van der Waals surface area (Å²) in [5.74, 6) is -0.797. The Morgan fingerprint density at radius 2 is 1.75 bits per heavy atom. The van der Waals surface area contributed by atoms with Gasteiger partial charge in [0.25, 0.3) is 11.7 Å². The van der Waals surface area contributed by atoms with Crippen LogP contribution in [0.25, 0.3) is 5.76 Å². The maximum absolute atomic E-state index is 13.0. The summed E-state index contributed by atoms with van der Waals surface area (Å²) in [6, 6.07) is 13.2. The van der Waals surface area contributed by atoms with Crippen molar-refractivity contribution in [2.24, 2.45) is 0 Å². The van der Waals surface area contributed by atoms with Gasteiger partial charge < -0.3 is 19.6 Å². The number of amides is 1. The lowest BCUT2D eigenvalue weighted by Crippen LogP contribution is -2.32. The van der Waals surface area contributed by atoms with E-state index in [1.54, 1.807) is 53.4 Å². The fraction of sp³-hybridized carbons (Fsp3) is 0.360. The largest absolute Gasteiger partial charge is 0.507 e. The number of halogens is 1. The number of benzene rings is 2. The van der Waals surface area contributed by atoms with Crippen LogP contribution < -0.4 is 4.74 Å². The molecular formula is C25H29ClN2O4. The molecule has 0 aliphatic carbocycles. The van der Waals surface area contributed by atoms with Crippen LogP contribution in [0.2, 0.25) is 5.02 Å². The molecule has 1 heterocycles. The van der Waals surface area contributed by atoms with Crippen molar-refractivity contribution in [3.05, 3.63) is 70.3 Å². The molecule has 2 aromatic carbocycles. The Morgan fingerprint density at radius 1 is 1.09 bits per heavy atom. The van der Waals surface area contributed by atoms with E-state index in [4.69, 9.17) is 16.3 Å². The molecular weight excluding hydrogens is 428 g/mol.